The highest BCUT2D eigenvalue weighted by molar-refractivity contribution is 5.90. The lowest BCUT2D eigenvalue weighted by atomic mass is 10.2. The van der Waals surface area contributed by atoms with Gasteiger partial charge in [0.05, 0.1) is 16.0 Å². The molecule has 0 atom stereocenters. The molecule has 0 bridgehead atoms. The number of anilines is 1. The Morgan fingerprint density at radius 2 is 2.15 bits per heavy atom. The number of rotatable bonds is 2. The van der Waals surface area contributed by atoms with Gasteiger partial charge in [-0.15, -0.1) is 0 Å². The number of nitro groups is 1. The molecular weight excluding hydrogens is 258 g/mol. The summed E-state index contributed by atoms with van der Waals surface area (Å²) in [7, 11) is 0. The molecule has 0 aliphatic carbocycles. The molecular formula is C13H11N5O2. The minimum absolute atomic E-state index is 0.0315. The number of nitro benzene ring substituents is 1. The molecule has 1 aromatic carbocycles. The van der Waals surface area contributed by atoms with Crippen molar-refractivity contribution in [2.24, 2.45) is 0 Å². The van der Waals surface area contributed by atoms with Crippen molar-refractivity contribution in [1.82, 2.24) is 14.5 Å². The Kier molecular flexibility index (Phi) is 2.60. The van der Waals surface area contributed by atoms with Crippen LogP contribution in [0.15, 0.2) is 36.8 Å². The Bertz CT molecular complexity index is 825. The lowest BCUT2D eigenvalue weighted by Gasteiger charge is -2.04. The van der Waals surface area contributed by atoms with E-state index < -0.39 is 4.92 Å². The lowest BCUT2D eigenvalue weighted by molar-refractivity contribution is -0.384. The maximum Gasteiger partial charge on any atom is 0.271 e. The summed E-state index contributed by atoms with van der Waals surface area (Å²) in [4.78, 5) is 18.6. The molecule has 0 fully saturated rings. The van der Waals surface area contributed by atoms with E-state index in [1.165, 1.54) is 18.5 Å². The van der Waals surface area contributed by atoms with E-state index in [0.717, 1.165) is 10.9 Å². The summed E-state index contributed by atoms with van der Waals surface area (Å²) in [6.45, 7) is 1.90. The number of non-ortho nitro benzene ring substituents is 1. The topological polar surface area (TPSA) is 99.9 Å². The fourth-order valence-electron chi connectivity index (χ4n) is 2.22. The number of nitrogens with two attached hydrogens (primary N) is 1. The van der Waals surface area contributed by atoms with Crippen LogP contribution in [0, 0.1) is 17.0 Å². The van der Waals surface area contributed by atoms with Gasteiger partial charge in [0.2, 0.25) is 0 Å². The lowest BCUT2D eigenvalue weighted by Crippen LogP contribution is -1.97. The minimum Gasteiger partial charge on any atom is -0.383 e. The van der Waals surface area contributed by atoms with Crippen molar-refractivity contribution in [3.05, 3.63) is 52.5 Å². The van der Waals surface area contributed by atoms with Gasteiger partial charge < -0.3 is 10.3 Å². The van der Waals surface area contributed by atoms with Crippen LogP contribution >= 0.6 is 0 Å². The first kappa shape index (κ1) is 12.1. The van der Waals surface area contributed by atoms with E-state index in [-0.39, 0.29) is 5.69 Å². The third-order valence-corrected chi connectivity index (χ3v) is 3.12. The predicted octanol–water partition coefficient (Wildman–Crippen LogP) is 2.22. The summed E-state index contributed by atoms with van der Waals surface area (Å²) >= 11 is 0. The normalized spacial score (nSPS) is 10.8. The molecule has 2 N–H and O–H groups in total. The van der Waals surface area contributed by atoms with Crippen molar-refractivity contribution >= 4 is 22.5 Å². The second kappa shape index (κ2) is 4.30. The summed E-state index contributed by atoms with van der Waals surface area (Å²) in [6, 6.07) is 6.37. The molecule has 0 amide bonds. The fraction of sp³-hybridized carbons (Fsp3) is 0.0769. The van der Waals surface area contributed by atoms with E-state index in [1.54, 1.807) is 16.7 Å². The Hall–Kier alpha value is -2.96. The summed E-state index contributed by atoms with van der Waals surface area (Å²) < 4.78 is 1.77. The highest BCUT2D eigenvalue weighted by Crippen LogP contribution is 2.27. The van der Waals surface area contributed by atoms with Gasteiger partial charge in [-0.2, -0.15) is 0 Å². The Morgan fingerprint density at radius 3 is 2.90 bits per heavy atom. The van der Waals surface area contributed by atoms with Crippen LogP contribution in [-0.4, -0.2) is 19.5 Å². The summed E-state index contributed by atoms with van der Waals surface area (Å²) in [5.74, 6) is 0.400. The number of aromatic nitrogens is 3. The molecule has 3 rings (SSSR count). The van der Waals surface area contributed by atoms with Crippen LogP contribution < -0.4 is 5.73 Å². The number of aryl methyl sites for hydroxylation is 1. The van der Waals surface area contributed by atoms with Gasteiger partial charge in [-0.05, 0) is 18.6 Å². The van der Waals surface area contributed by atoms with E-state index in [1.807, 2.05) is 13.1 Å². The minimum atomic E-state index is -0.425. The van der Waals surface area contributed by atoms with E-state index >= 15 is 0 Å². The third-order valence-electron chi connectivity index (χ3n) is 3.12. The van der Waals surface area contributed by atoms with Crippen LogP contribution in [0.2, 0.25) is 0 Å². The molecule has 3 aromatic rings. The molecule has 0 aliphatic heterocycles. The zero-order valence-electron chi connectivity index (χ0n) is 10.6. The van der Waals surface area contributed by atoms with Crippen LogP contribution in [0.25, 0.3) is 16.7 Å². The first-order valence-corrected chi connectivity index (χ1v) is 5.91. The molecule has 0 radical (unpaired) electrons. The number of nitrogen functional groups attached to an aromatic ring is 1. The highest BCUT2D eigenvalue weighted by Gasteiger charge is 2.13. The molecule has 0 spiro atoms. The van der Waals surface area contributed by atoms with Crippen molar-refractivity contribution in [3.8, 4) is 5.69 Å². The smallest absolute Gasteiger partial charge is 0.271 e. The number of hydrogen-bond donors (Lipinski definition) is 1. The van der Waals surface area contributed by atoms with Crippen LogP contribution in [0.1, 0.15) is 5.56 Å². The average Bonchev–Trinajstić information content (AvgIpc) is 2.78. The van der Waals surface area contributed by atoms with Crippen LogP contribution in [0.3, 0.4) is 0 Å². The van der Waals surface area contributed by atoms with Gasteiger partial charge in [-0.25, -0.2) is 9.97 Å². The summed E-state index contributed by atoms with van der Waals surface area (Å²) in [5, 5.41) is 11.6. The van der Waals surface area contributed by atoms with Gasteiger partial charge in [-0.3, -0.25) is 10.1 Å². The Labute approximate surface area is 113 Å². The van der Waals surface area contributed by atoms with Crippen molar-refractivity contribution < 1.29 is 4.92 Å². The molecule has 7 nitrogen and oxygen atoms in total. The zero-order chi connectivity index (χ0) is 14.3. The van der Waals surface area contributed by atoms with E-state index in [4.69, 9.17) is 5.73 Å². The third kappa shape index (κ3) is 1.76. The maximum absolute atomic E-state index is 10.9. The molecule has 0 unspecified atom stereocenters. The van der Waals surface area contributed by atoms with Crippen LogP contribution in [0.5, 0.6) is 0 Å². The molecule has 100 valence electrons. The SMILES string of the molecule is Cc1cn(-c2cccc([N+](=O)[O-])c2)c2ncnc(N)c12. The quantitative estimate of drug-likeness (QED) is 0.568. The largest absolute Gasteiger partial charge is 0.383 e. The molecule has 7 heteroatoms. The van der Waals surface area contributed by atoms with Gasteiger partial charge in [0, 0.05) is 18.3 Å². The number of benzene rings is 1. The zero-order valence-corrected chi connectivity index (χ0v) is 10.6. The monoisotopic (exact) mass is 269 g/mol. The molecule has 0 saturated heterocycles. The molecule has 20 heavy (non-hydrogen) atoms. The van der Waals surface area contributed by atoms with Crippen LogP contribution in [-0.2, 0) is 0 Å². The van der Waals surface area contributed by atoms with Gasteiger partial charge in [-0.1, -0.05) is 6.07 Å². The highest BCUT2D eigenvalue weighted by atomic mass is 16.6. The Balaban J connectivity index is 2.28. The first-order valence-electron chi connectivity index (χ1n) is 5.91. The number of fused-ring (bicyclic) bond motifs is 1. The molecule has 2 aromatic heterocycles. The molecule has 2 heterocycles. The van der Waals surface area contributed by atoms with Crippen molar-refractivity contribution in [2.75, 3.05) is 5.73 Å². The van der Waals surface area contributed by atoms with Crippen molar-refractivity contribution in [1.29, 1.82) is 0 Å². The predicted molar refractivity (Wildman–Crippen MR) is 74.7 cm³/mol. The van der Waals surface area contributed by atoms with Gasteiger partial charge >= 0.3 is 0 Å². The van der Waals surface area contributed by atoms with E-state index in [2.05, 4.69) is 9.97 Å². The standard InChI is InChI=1S/C13H11N5O2/c1-8-6-17(13-11(8)12(14)15-7-16-13)9-3-2-4-10(5-9)18(19)20/h2-7H,1H3,(H2,14,15,16). The fourth-order valence-corrected chi connectivity index (χ4v) is 2.22. The maximum atomic E-state index is 10.9. The first-order chi connectivity index (χ1) is 9.58. The van der Waals surface area contributed by atoms with E-state index in [9.17, 15) is 10.1 Å². The second-order valence-electron chi connectivity index (χ2n) is 4.42. The second-order valence-corrected chi connectivity index (χ2v) is 4.42. The van der Waals surface area contributed by atoms with Crippen molar-refractivity contribution in [2.45, 2.75) is 6.92 Å². The number of hydrogen-bond acceptors (Lipinski definition) is 5. The van der Waals surface area contributed by atoms with Crippen LogP contribution in [0.4, 0.5) is 11.5 Å². The summed E-state index contributed by atoms with van der Waals surface area (Å²) in [5.41, 5.74) is 8.10. The molecule has 0 saturated carbocycles. The molecule has 0 aliphatic rings. The van der Waals surface area contributed by atoms with Gasteiger partial charge in [0.25, 0.3) is 5.69 Å². The average molecular weight is 269 g/mol. The number of nitrogens with zero attached hydrogens (tertiary/aromatic N) is 4. The van der Waals surface area contributed by atoms with Gasteiger partial charge in [0.15, 0.2) is 0 Å². The summed E-state index contributed by atoms with van der Waals surface area (Å²) in [6.07, 6.45) is 3.22. The van der Waals surface area contributed by atoms with Crippen molar-refractivity contribution in [3.63, 3.8) is 0 Å². The van der Waals surface area contributed by atoms with E-state index in [0.29, 0.717) is 17.2 Å². The van der Waals surface area contributed by atoms with Gasteiger partial charge in [0.1, 0.15) is 17.8 Å². The Morgan fingerprint density at radius 1 is 1.35 bits per heavy atom.